The maximum Gasteiger partial charge on any atom is 0.251 e. The van der Waals surface area contributed by atoms with Crippen molar-refractivity contribution in [3.05, 3.63) is 23.8 Å². The Hall–Kier alpha value is -1.75. The second-order valence-corrected chi connectivity index (χ2v) is 4.48. The predicted octanol–water partition coefficient (Wildman–Crippen LogP) is 1.96. The summed E-state index contributed by atoms with van der Waals surface area (Å²) in [4.78, 5) is 12.1. The van der Waals surface area contributed by atoms with E-state index in [0.717, 1.165) is 12.8 Å². The fourth-order valence-electron chi connectivity index (χ4n) is 2.05. The summed E-state index contributed by atoms with van der Waals surface area (Å²) in [7, 11) is 1.63. The molecule has 0 radical (unpaired) electrons. The lowest BCUT2D eigenvalue weighted by atomic mass is 10.1. The van der Waals surface area contributed by atoms with Crippen LogP contribution in [0.25, 0.3) is 0 Å². The van der Waals surface area contributed by atoms with Gasteiger partial charge < -0.3 is 19.5 Å². The van der Waals surface area contributed by atoms with Crippen LogP contribution in [-0.2, 0) is 4.74 Å². The first-order valence-corrected chi connectivity index (χ1v) is 6.44. The predicted molar refractivity (Wildman–Crippen MR) is 70.6 cm³/mol. The van der Waals surface area contributed by atoms with Crippen LogP contribution in [0.2, 0.25) is 0 Å². The van der Waals surface area contributed by atoms with Crippen molar-refractivity contribution in [3.63, 3.8) is 0 Å². The van der Waals surface area contributed by atoms with E-state index in [0.29, 0.717) is 23.7 Å². The summed E-state index contributed by atoms with van der Waals surface area (Å²) in [6, 6.07) is 5.22. The summed E-state index contributed by atoms with van der Waals surface area (Å²) in [6.45, 7) is 2.81. The minimum atomic E-state index is -0.117. The average molecular weight is 265 g/mol. The molecule has 1 atom stereocenters. The van der Waals surface area contributed by atoms with Gasteiger partial charge in [-0.2, -0.15) is 0 Å². The van der Waals surface area contributed by atoms with Crippen LogP contribution in [0.1, 0.15) is 30.1 Å². The summed E-state index contributed by atoms with van der Waals surface area (Å²) in [5.74, 6) is 1.18. The largest absolute Gasteiger partial charge is 0.454 e. The number of hydrogen-bond donors (Lipinski definition) is 1. The highest BCUT2D eigenvalue weighted by Crippen LogP contribution is 2.32. The van der Waals surface area contributed by atoms with Gasteiger partial charge in [-0.25, -0.2) is 0 Å². The molecule has 1 aromatic carbocycles. The lowest BCUT2D eigenvalue weighted by Crippen LogP contribution is -2.37. The molecule has 2 rings (SSSR count). The van der Waals surface area contributed by atoms with Crippen LogP contribution in [-0.4, -0.2) is 32.5 Å². The van der Waals surface area contributed by atoms with Gasteiger partial charge in [-0.1, -0.05) is 13.3 Å². The molecule has 1 aromatic rings. The molecule has 1 aliphatic rings. The lowest BCUT2D eigenvalue weighted by Gasteiger charge is -2.17. The molecule has 1 unspecified atom stereocenters. The summed E-state index contributed by atoms with van der Waals surface area (Å²) >= 11 is 0. The van der Waals surface area contributed by atoms with Gasteiger partial charge in [0.15, 0.2) is 11.5 Å². The number of carbonyl (C=O) groups is 1. The van der Waals surface area contributed by atoms with Gasteiger partial charge in [0.2, 0.25) is 6.79 Å². The Morgan fingerprint density at radius 1 is 1.42 bits per heavy atom. The number of benzene rings is 1. The van der Waals surface area contributed by atoms with Crippen molar-refractivity contribution in [1.82, 2.24) is 5.32 Å². The van der Waals surface area contributed by atoms with Crippen molar-refractivity contribution in [1.29, 1.82) is 0 Å². The molecule has 1 aliphatic heterocycles. The van der Waals surface area contributed by atoms with Gasteiger partial charge in [0.05, 0.1) is 12.6 Å². The van der Waals surface area contributed by atoms with Crippen LogP contribution < -0.4 is 14.8 Å². The highest BCUT2D eigenvalue weighted by atomic mass is 16.7. The maximum atomic E-state index is 12.1. The second kappa shape index (κ2) is 6.43. The zero-order valence-corrected chi connectivity index (χ0v) is 11.3. The number of nitrogens with one attached hydrogen (secondary N) is 1. The highest BCUT2D eigenvalue weighted by molar-refractivity contribution is 5.95. The van der Waals surface area contributed by atoms with Gasteiger partial charge >= 0.3 is 0 Å². The van der Waals surface area contributed by atoms with E-state index in [4.69, 9.17) is 14.2 Å². The monoisotopic (exact) mass is 265 g/mol. The van der Waals surface area contributed by atoms with Crippen LogP contribution in [0, 0.1) is 0 Å². The quantitative estimate of drug-likeness (QED) is 0.854. The minimum Gasteiger partial charge on any atom is -0.454 e. The van der Waals surface area contributed by atoms with Crippen LogP contribution in [0.15, 0.2) is 18.2 Å². The van der Waals surface area contributed by atoms with Crippen LogP contribution in [0.5, 0.6) is 11.5 Å². The fraction of sp³-hybridized carbons (Fsp3) is 0.500. The van der Waals surface area contributed by atoms with E-state index in [1.807, 2.05) is 0 Å². The van der Waals surface area contributed by atoms with Crippen LogP contribution >= 0.6 is 0 Å². The van der Waals surface area contributed by atoms with Crippen molar-refractivity contribution in [3.8, 4) is 11.5 Å². The summed E-state index contributed by atoms with van der Waals surface area (Å²) in [5, 5.41) is 2.97. The minimum absolute atomic E-state index is 0.0351. The van der Waals surface area contributed by atoms with Crippen LogP contribution in [0.4, 0.5) is 0 Å². The first kappa shape index (κ1) is 13.7. The molecular weight excluding hydrogens is 246 g/mol. The van der Waals surface area contributed by atoms with E-state index in [9.17, 15) is 4.79 Å². The van der Waals surface area contributed by atoms with Gasteiger partial charge in [-0.3, -0.25) is 4.79 Å². The Labute approximate surface area is 112 Å². The van der Waals surface area contributed by atoms with Crippen molar-refractivity contribution >= 4 is 5.91 Å². The van der Waals surface area contributed by atoms with E-state index in [2.05, 4.69) is 12.2 Å². The molecule has 0 bridgehead atoms. The molecule has 1 amide bonds. The summed E-state index contributed by atoms with van der Waals surface area (Å²) < 4.78 is 15.6. The number of rotatable bonds is 6. The molecule has 1 heterocycles. The Kier molecular flexibility index (Phi) is 4.63. The SMILES string of the molecule is CCCC(COC)NC(=O)c1ccc2c(c1)OCO2. The third kappa shape index (κ3) is 3.38. The van der Waals surface area contributed by atoms with E-state index in [-0.39, 0.29) is 18.7 Å². The van der Waals surface area contributed by atoms with E-state index < -0.39 is 0 Å². The average Bonchev–Trinajstić information content (AvgIpc) is 2.86. The molecule has 0 fully saturated rings. The molecule has 5 nitrogen and oxygen atoms in total. The third-order valence-corrected chi connectivity index (χ3v) is 2.97. The smallest absolute Gasteiger partial charge is 0.251 e. The molecule has 19 heavy (non-hydrogen) atoms. The number of fused-ring (bicyclic) bond motifs is 1. The molecule has 0 aromatic heterocycles. The highest BCUT2D eigenvalue weighted by Gasteiger charge is 2.18. The molecule has 0 aliphatic carbocycles. The molecular formula is C14H19NO4. The fourth-order valence-corrected chi connectivity index (χ4v) is 2.05. The van der Waals surface area contributed by atoms with Gasteiger partial charge in [-0.15, -0.1) is 0 Å². The van der Waals surface area contributed by atoms with Gasteiger partial charge in [0.25, 0.3) is 5.91 Å². The Bertz CT molecular complexity index is 441. The third-order valence-electron chi connectivity index (χ3n) is 2.97. The van der Waals surface area contributed by atoms with Crippen molar-refractivity contribution in [2.75, 3.05) is 20.5 Å². The molecule has 0 saturated heterocycles. The molecule has 0 saturated carbocycles. The zero-order chi connectivity index (χ0) is 13.7. The number of carbonyl (C=O) groups excluding carboxylic acids is 1. The first-order chi connectivity index (χ1) is 9.24. The second-order valence-electron chi connectivity index (χ2n) is 4.48. The number of ether oxygens (including phenoxy) is 3. The van der Waals surface area contributed by atoms with Crippen molar-refractivity contribution in [2.45, 2.75) is 25.8 Å². The number of methoxy groups -OCH3 is 1. The maximum absolute atomic E-state index is 12.1. The molecule has 5 heteroatoms. The van der Waals surface area contributed by atoms with Crippen molar-refractivity contribution in [2.24, 2.45) is 0 Å². The molecule has 0 spiro atoms. The topological polar surface area (TPSA) is 56.8 Å². The zero-order valence-electron chi connectivity index (χ0n) is 11.3. The van der Waals surface area contributed by atoms with Crippen LogP contribution in [0.3, 0.4) is 0 Å². The van der Waals surface area contributed by atoms with E-state index in [1.54, 1.807) is 25.3 Å². The molecule has 104 valence electrons. The lowest BCUT2D eigenvalue weighted by molar-refractivity contribution is 0.0891. The first-order valence-electron chi connectivity index (χ1n) is 6.44. The van der Waals surface area contributed by atoms with E-state index >= 15 is 0 Å². The van der Waals surface area contributed by atoms with E-state index in [1.165, 1.54) is 0 Å². The Morgan fingerprint density at radius 3 is 2.95 bits per heavy atom. The standard InChI is InChI=1S/C14H19NO4/c1-3-4-11(8-17-2)15-14(16)10-5-6-12-13(7-10)19-9-18-12/h5-7,11H,3-4,8-9H2,1-2H3,(H,15,16). The van der Waals surface area contributed by atoms with Crippen molar-refractivity contribution < 1.29 is 19.0 Å². The van der Waals surface area contributed by atoms with Gasteiger partial charge in [0.1, 0.15) is 0 Å². The summed E-state index contributed by atoms with van der Waals surface area (Å²) in [6.07, 6.45) is 1.89. The van der Waals surface area contributed by atoms with Gasteiger partial charge in [0, 0.05) is 12.7 Å². The summed E-state index contributed by atoms with van der Waals surface area (Å²) in [5.41, 5.74) is 0.571. The Morgan fingerprint density at radius 2 is 2.21 bits per heavy atom. The normalized spacial score (nSPS) is 14.2. The number of amides is 1. The van der Waals surface area contributed by atoms with Gasteiger partial charge in [-0.05, 0) is 24.6 Å². The number of hydrogen-bond acceptors (Lipinski definition) is 4. The Balaban J connectivity index is 2.02. The molecule has 1 N–H and O–H groups in total.